The van der Waals surface area contributed by atoms with E-state index in [2.05, 4.69) is 13.8 Å². The first kappa shape index (κ1) is 8.35. The van der Waals surface area contributed by atoms with E-state index >= 15 is 0 Å². The Kier molecular flexibility index (Phi) is 2.26. The molecule has 1 nitrogen and oxygen atoms in total. The van der Waals surface area contributed by atoms with Crippen LogP contribution in [0.4, 0.5) is 0 Å². The molecule has 2 heteroatoms. The average Bonchev–Trinajstić information content (AvgIpc) is 1.83. The van der Waals surface area contributed by atoms with Crippen molar-refractivity contribution in [2.75, 3.05) is 0 Å². The number of rotatable bonds is 0. The predicted octanol–water partition coefficient (Wildman–Crippen LogP) is 2.16. The topological polar surface area (TPSA) is 20.2 Å². The Balaban J connectivity index is 2.60. The molecule has 1 aliphatic carbocycles. The van der Waals surface area contributed by atoms with Gasteiger partial charge in [0.1, 0.15) is 0 Å². The normalized spacial score (nSPS) is 39.6. The molecule has 1 rings (SSSR count). The Bertz CT molecular complexity index is 122. The third-order valence-electron chi connectivity index (χ3n) is 2.44. The molecule has 1 N–H and O–H groups in total. The second kappa shape index (κ2) is 2.71. The highest BCUT2D eigenvalue weighted by molar-refractivity contribution is 6.21. The van der Waals surface area contributed by atoms with Crippen LogP contribution in [0, 0.1) is 5.41 Å². The van der Waals surface area contributed by atoms with Crippen LogP contribution in [-0.4, -0.2) is 16.6 Å². The standard InChI is InChI=1S/C8H15ClO/c1-8(2)5-3-4-6(9)7(8)10/h6-7,10H,3-5H2,1-2H3. The van der Waals surface area contributed by atoms with E-state index in [1.165, 1.54) is 0 Å². The minimum atomic E-state index is -0.317. The molecule has 0 aromatic rings. The SMILES string of the molecule is CC1(C)CCCC(Cl)C1O. The van der Waals surface area contributed by atoms with E-state index in [1.807, 2.05) is 0 Å². The number of halogens is 1. The van der Waals surface area contributed by atoms with Crippen molar-refractivity contribution in [3.8, 4) is 0 Å². The molecule has 0 amide bonds. The van der Waals surface area contributed by atoms with Crippen LogP contribution >= 0.6 is 11.6 Å². The van der Waals surface area contributed by atoms with Crippen LogP contribution in [0.25, 0.3) is 0 Å². The number of hydrogen-bond acceptors (Lipinski definition) is 1. The Morgan fingerprint density at radius 1 is 1.50 bits per heavy atom. The van der Waals surface area contributed by atoms with Crippen LogP contribution in [0.1, 0.15) is 33.1 Å². The number of aliphatic hydroxyl groups excluding tert-OH is 1. The quantitative estimate of drug-likeness (QED) is 0.542. The van der Waals surface area contributed by atoms with Crippen molar-refractivity contribution >= 4 is 11.6 Å². The Morgan fingerprint density at radius 2 is 2.10 bits per heavy atom. The zero-order chi connectivity index (χ0) is 7.78. The molecule has 0 aromatic carbocycles. The van der Waals surface area contributed by atoms with Crippen molar-refractivity contribution in [3.63, 3.8) is 0 Å². The molecular formula is C8H15ClO. The Morgan fingerprint density at radius 3 is 2.50 bits per heavy atom. The summed E-state index contributed by atoms with van der Waals surface area (Å²) >= 11 is 5.90. The van der Waals surface area contributed by atoms with Crippen LogP contribution in [0.3, 0.4) is 0 Å². The molecule has 0 aliphatic heterocycles. The van der Waals surface area contributed by atoms with Crippen molar-refractivity contribution in [2.24, 2.45) is 5.41 Å². The highest BCUT2D eigenvalue weighted by atomic mass is 35.5. The molecule has 10 heavy (non-hydrogen) atoms. The maximum absolute atomic E-state index is 9.57. The van der Waals surface area contributed by atoms with Gasteiger partial charge in [0.2, 0.25) is 0 Å². The van der Waals surface area contributed by atoms with Crippen LogP contribution in [0.5, 0.6) is 0 Å². The van der Waals surface area contributed by atoms with Gasteiger partial charge in [-0.05, 0) is 18.3 Å². The van der Waals surface area contributed by atoms with Crippen LogP contribution in [0.15, 0.2) is 0 Å². The molecule has 0 radical (unpaired) electrons. The summed E-state index contributed by atoms with van der Waals surface area (Å²) in [6, 6.07) is 0. The zero-order valence-corrected chi connectivity index (χ0v) is 7.36. The molecule has 1 saturated carbocycles. The molecule has 1 aliphatic rings. The second-order valence-electron chi connectivity index (χ2n) is 3.84. The summed E-state index contributed by atoms with van der Waals surface area (Å²) in [6.07, 6.45) is 2.89. The van der Waals surface area contributed by atoms with Crippen molar-refractivity contribution in [1.82, 2.24) is 0 Å². The largest absolute Gasteiger partial charge is 0.391 e. The van der Waals surface area contributed by atoms with Gasteiger partial charge in [0.05, 0.1) is 11.5 Å². The summed E-state index contributed by atoms with van der Waals surface area (Å²) < 4.78 is 0. The summed E-state index contributed by atoms with van der Waals surface area (Å²) in [6.45, 7) is 4.15. The van der Waals surface area contributed by atoms with E-state index in [4.69, 9.17) is 11.6 Å². The van der Waals surface area contributed by atoms with E-state index in [0.29, 0.717) is 0 Å². The van der Waals surface area contributed by atoms with Gasteiger partial charge in [-0.3, -0.25) is 0 Å². The molecule has 2 unspecified atom stereocenters. The Labute approximate surface area is 67.4 Å². The second-order valence-corrected chi connectivity index (χ2v) is 4.40. The van der Waals surface area contributed by atoms with E-state index in [1.54, 1.807) is 0 Å². The van der Waals surface area contributed by atoms with E-state index in [0.717, 1.165) is 19.3 Å². The van der Waals surface area contributed by atoms with E-state index < -0.39 is 0 Å². The minimum absolute atomic E-state index is 0.0243. The van der Waals surface area contributed by atoms with E-state index in [9.17, 15) is 5.11 Å². The van der Waals surface area contributed by atoms with Crippen molar-refractivity contribution in [2.45, 2.75) is 44.6 Å². The molecule has 60 valence electrons. The fourth-order valence-corrected chi connectivity index (χ4v) is 2.04. The van der Waals surface area contributed by atoms with Crippen molar-refractivity contribution in [1.29, 1.82) is 0 Å². The lowest BCUT2D eigenvalue weighted by atomic mass is 9.75. The van der Waals surface area contributed by atoms with Gasteiger partial charge >= 0.3 is 0 Å². The van der Waals surface area contributed by atoms with Gasteiger partial charge in [-0.15, -0.1) is 11.6 Å². The summed E-state index contributed by atoms with van der Waals surface area (Å²) in [5.74, 6) is 0. The van der Waals surface area contributed by atoms with Gasteiger partial charge in [-0.2, -0.15) is 0 Å². The fourth-order valence-electron chi connectivity index (χ4n) is 1.55. The first-order chi connectivity index (χ1) is 4.54. The lowest BCUT2D eigenvalue weighted by molar-refractivity contribution is 0.0172. The van der Waals surface area contributed by atoms with Gasteiger partial charge in [0, 0.05) is 0 Å². The van der Waals surface area contributed by atoms with Gasteiger partial charge in [0.25, 0.3) is 0 Å². The smallest absolute Gasteiger partial charge is 0.0754 e. The van der Waals surface area contributed by atoms with E-state index in [-0.39, 0.29) is 16.9 Å². The van der Waals surface area contributed by atoms with Gasteiger partial charge < -0.3 is 5.11 Å². The lowest BCUT2D eigenvalue weighted by Gasteiger charge is -2.37. The third kappa shape index (κ3) is 1.46. The maximum atomic E-state index is 9.57. The molecule has 0 spiro atoms. The molecule has 1 fully saturated rings. The molecule has 2 atom stereocenters. The number of alkyl halides is 1. The highest BCUT2D eigenvalue weighted by Gasteiger charge is 2.36. The lowest BCUT2D eigenvalue weighted by Crippen LogP contribution is -2.40. The first-order valence-corrected chi connectivity index (χ1v) is 4.30. The number of hydrogen-bond donors (Lipinski definition) is 1. The fraction of sp³-hybridized carbons (Fsp3) is 1.00. The molecular weight excluding hydrogens is 148 g/mol. The minimum Gasteiger partial charge on any atom is -0.391 e. The number of aliphatic hydroxyl groups is 1. The molecule has 0 heterocycles. The summed E-state index contributed by atoms with van der Waals surface area (Å²) in [5, 5.41) is 9.55. The third-order valence-corrected chi connectivity index (χ3v) is 2.90. The molecule has 0 aromatic heterocycles. The Hall–Kier alpha value is 0.250. The maximum Gasteiger partial charge on any atom is 0.0754 e. The van der Waals surface area contributed by atoms with Gasteiger partial charge in [-0.25, -0.2) is 0 Å². The molecule has 0 bridgehead atoms. The van der Waals surface area contributed by atoms with Crippen LogP contribution in [0.2, 0.25) is 0 Å². The summed E-state index contributed by atoms with van der Waals surface area (Å²) in [4.78, 5) is 0. The summed E-state index contributed by atoms with van der Waals surface area (Å²) in [5.41, 5.74) is 0.0324. The molecule has 0 saturated heterocycles. The van der Waals surface area contributed by atoms with Gasteiger partial charge in [0.15, 0.2) is 0 Å². The van der Waals surface area contributed by atoms with Crippen LogP contribution < -0.4 is 0 Å². The van der Waals surface area contributed by atoms with Crippen molar-refractivity contribution < 1.29 is 5.11 Å². The predicted molar refractivity (Wildman–Crippen MR) is 43.3 cm³/mol. The monoisotopic (exact) mass is 162 g/mol. The highest BCUT2D eigenvalue weighted by Crippen LogP contribution is 2.37. The average molecular weight is 163 g/mol. The van der Waals surface area contributed by atoms with Crippen molar-refractivity contribution in [3.05, 3.63) is 0 Å². The summed E-state index contributed by atoms with van der Waals surface area (Å²) in [7, 11) is 0. The zero-order valence-electron chi connectivity index (χ0n) is 6.60. The van der Waals surface area contributed by atoms with Gasteiger partial charge in [-0.1, -0.05) is 20.3 Å². The van der Waals surface area contributed by atoms with Crippen LogP contribution in [-0.2, 0) is 0 Å². The first-order valence-electron chi connectivity index (χ1n) is 3.86.